The van der Waals surface area contributed by atoms with E-state index in [1.165, 1.54) is 186 Å². The molecule has 2 heteroatoms. The van der Waals surface area contributed by atoms with Gasteiger partial charge in [-0.05, 0) is 12.3 Å². The van der Waals surface area contributed by atoms with E-state index < -0.39 is 0 Å². The van der Waals surface area contributed by atoms with Crippen molar-refractivity contribution in [1.29, 1.82) is 0 Å². The summed E-state index contributed by atoms with van der Waals surface area (Å²) in [6, 6.07) is 0. The second-order valence-electron chi connectivity index (χ2n) is 12.4. The zero-order valence-electron chi connectivity index (χ0n) is 26.3. The summed E-state index contributed by atoms with van der Waals surface area (Å²) in [5, 5.41) is 0. The third kappa shape index (κ3) is 24.3. The largest absolute Gasteiger partial charge is 0.240 e. The van der Waals surface area contributed by atoms with Crippen LogP contribution in [0.1, 0.15) is 206 Å². The molecule has 1 aliphatic rings. The van der Waals surface area contributed by atoms with Crippen molar-refractivity contribution in [2.24, 2.45) is 15.9 Å². The lowest BCUT2D eigenvalue weighted by Crippen LogP contribution is -2.02. The minimum atomic E-state index is 0.979. The summed E-state index contributed by atoms with van der Waals surface area (Å²) in [5.74, 6) is 0.979. The van der Waals surface area contributed by atoms with Gasteiger partial charge in [-0.25, -0.2) is 0 Å². The summed E-state index contributed by atoms with van der Waals surface area (Å²) in [5.41, 5.74) is 0. The van der Waals surface area contributed by atoms with Crippen molar-refractivity contribution >= 4 is 12.4 Å². The van der Waals surface area contributed by atoms with Gasteiger partial charge in [-0.1, -0.05) is 204 Å². The van der Waals surface area contributed by atoms with Crippen LogP contribution in [0, 0.1) is 12.1 Å². The summed E-state index contributed by atoms with van der Waals surface area (Å²) in [4.78, 5) is 8.64. The molecule has 2 nitrogen and oxygen atoms in total. The molecule has 0 N–H and O–H groups in total. The van der Waals surface area contributed by atoms with Crippen LogP contribution in [0.15, 0.2) is 9.98 Å². The SMILES string of the molecule is CCCCCCCCCCCCCCCCCCC(CCCCCCCCC)CCCCC[C+]1N=CC=N1. The fraction of sp³-hybridized carbons (Fsp3) is 0.917. The molecule has 0 aromatic heterocycles. The highest BCUT2D eigenvalue weighted by molar-refractivity contribution is 6.18. The minimum Gasteiger partial charge on any atom is -0.0968 e. The number of rotatable bonds is 31. The standard InChI is InChI=1S/C36H69N2/c1-3-5-7-9-11-12-13-14-15-16-17-18-19-21-23-26-30-35(29-25-22-20-10-8-6-4-2)31-27-24-28-32-36-37-33-34-38-36/h33-35H,3-32H2,1-2H3/q+1. The molecule has 0 saturated carbocycles. The third-order valence-electron chi connectivity index (χ3n) is 8.71. The van der Waals surface area contributed by atoms with Gasteiger partial charge >= 0.3 is 0 Å². The maximum Gasteiger partial charge on any atom is 0.240 e. The van der Waals surface area contributed by atoms with Crippen molar-refractivity contribution in [1.82, 2.24) is 0 Å². The summed E-state index contributed by atoms with van der Waals surface area (Å²) < 4.78 is 0. The predicted octanol–water partition coefficient (Wildman–Crippen LogP) is 13.0. The quantitative estimate of drug-likeness (QED) is 0.0630. The highest BCUT2D eigenvalue weighted by Gasteiger charge is 2.15. The topological polar surface area (TPSA) is 24.7 Å². The van der Waals surface area contributed by atoms with Crippen LogP contribution in [0.25, 0.3) is 0 Å². The van der Waals surface area contributed by atoms with Crippen LogP contribution in [0.4, 0.5) is 0 Å². The molecular formula is C36H69N2+. The lowest BCUT2D eigenvalue weighted by atomic mass is 9.89. The van der Waals surface area contributed by atoms with Crippen LogP contribution in [0.3, 0.4) is 0 Å². The number of aliphatic imine (C=N–C) groups is 2. The van der Waals surface area contributed by atoms with E-state index >= 15 is 0 Å². The van der Waals surface area contributed by atoms with Crippen molar-refractivity contribution in [3.8, 4) is 0 Å². The molecule has 0 amide bonds. The molecule has 0 bridgehead atoms. The highest BCUT2D eigenvalue weighted by Crippen LogP contribution is 2.25. The van der Waals surface area contributed by atoms with E-state index in [0.717, 1.165) is 18.5 Å². The average molecular weight is 530 g/mol. The number of nitrogens with zero attached hydrogens (tertiary/aromatic N) is 2. The zero-order chi connectivity index (χ0) is 27.2. The molecule has 0 aliphatic carbocycles. The highest BCUT2D eigenvalue weighted by atomic mass is 15.0. The van der Waals surface area contributed by atoms with E-state index in [-0.39, 0.29) is 0 Å². The molecule has 38 heavy (non-hydrogen) atoms. The predicted molar refractivity (Wildman–Crippen MR) is 174 cm³/mol. The van der Waals surface area contributed by atoms with E-state index in [0.29, 0.717) is 0 Å². The third-order valence-corrected chi connectivity index (χ3v) is 8.71. The van der Waals surface area contributed by atoms with Gasteiger partial charge in [-0.15, -0.1) is 0 Å². The van der Waals surface area contributed by atoms with Crippen molar-refractivity contribution in [2.45, 2.75) is 206 Å². The first-order chi connectivity index (χ1) is 18.9. The number of hydrogen-bond acceptors (Lipinski definition) is 2. The molecule has 1 unspecified atom stereocenters. The Bertz CT molecular complexity index is 499. The Balaban J connectivity index is 1.99. The van der Waals surface area contributed by atoms with Crippen LogP contribution in [-0.2, 0) is 0 Å². The Hall–Kier alpha value is -0.790. The Morgan fingerprint density at radius 3 is 1.03 bits per heavy atom. The van der Waals surface area contributed by atoms with Gasteiger partial charge in [0.1, 0.15) is 0 Å². The average Bonchev–Trinajstić information content (AvgIpc) is 3.45. The Morgan fingerprint density at radius 1 is 0.395 bits per heavy atom. The molecular weight excluding hydrogens is 460 g/mol. The van der Waals surface area contributed by atoms with Crippen molar-refractivity contribution in [3.05, 3.63) is 6.17 Å². The van der Waals surface area contributed by atoms with Gasteiger partial charge in [0, 0.05) is 0 Å². The van der Waals surface area contributed by atoms with Crippen molar-refractivity contribution in [3.63, 3.8) is 0 Å². The fourth-order valence-electron chi connectivity index (χ4n) is 6.10. The monoisotopic (exact) mass is 530 g/mol. The fourth-order valence-corrected chi connectivity index (χ4v) is 6.10. The molecule has 1 heterocycles. The minimum absolute atomic E-state index is 0.979. The Labute approximate surface area is 240 Å². The smallest absolute Gasteiger partial charge is 0.0968 e. The second kappa shape index (κ2) is 29.2. The lowest BCUT2D eigenvalue weighted by molar-refractivity contribution is 0.366. The van der Waals surface area contributed by atoms with Crippen molar-refractivity contribution in [2.75, 3.05) is 0 Å². The second-order valence-corrected chi connectivity index (χ2v) is 12.4. The van der Waals surface area contributed by atoms with Gasteiger partial charge in [0.2, 0.25) is 6.17 Å². The summed E-state index contributed by atoms with van der Waals surface area (Å²) >= 11 is 0. The first-order valence-electron chi connectivity index (χ1n) is 17.8. The van der Waals surface area contributed by atoms with Crippen molar-refractivity contribution < 1.29 is 0 Å². The lowest BCUT2D eigenvalue weighted by Gasteiger charge is -2.17. The van der Waals surface area contributed by atoms with Crippen LogP contribution >= 0.6 is 0 Å². The van der Waals surface area contributed by atoms with Crippen LogP contribution < -0.4 is 0 Å². The molecule has 0 saturated heterocycles. The Kier molecular flexibility index (Phi) is 27.1. The molecule has 0 aromatic rings. The zero-order valence-corrected chi connectivity index (χ0v) is 26.3. The summed E-state index contributed by atoms with van der Waals surface area (Å²) in [7, 11) is 0. The normalized spacial score (nSPS) is 13.7. The Morgan fingerprint density at radius 2 is 0.684 bits per heavy atom. The molecule has 0 radical (unpaired) electrons. The molecule has 0 spiro atoms. The van der Waals surface area contributed by atoms with Gasteiger partial charge in [-0.3, -0.25) is 0 Å². The first kappa shape index (κ1) is 35.2. The van der Waals surface area contributed by atoms with E-state index in [4.69, 9.17) is 0 Å². The molecule has 222 valence electrons. The summed E-state index contributed by atoms with van der Waals surface area (Å²) in [6.07, 6.45) is 47.8. The molecule has 1 atom stereocenters. The van der Waals surface area contributed by atoms with E-state index in [1.807, 2.05) is 12.4 Å². The van der Waals surface area contributed by atoms with Gasteiger partial charge in [0.05, 0.1) is 6.42 Å². The first-order valence-corrected chi connectivity index (χ1v) is 17.8. The molecule has 1 rings (SSSR count). The van der Waals surface area contributed by atoms with E-state index in [1.54, 1.807) is 0 Å². The van der Waals surface area contributed by atoms with E-state index in [2.05, 4.69) is 23.8 Å². The number of hydrogen-bond donors (Lipinski definition) is 0. The maximum absolute atomic E-state index is 4.32. The molecule has 0 fully saturated rings. The van der Waals surface area contributed by atoms with E-state index in [9.17, 15) is 0 Å². The molecule has 0 aromatic carbocycles. The van der Waals surface area contributed by atoms with Crippen LogP contribution in [0.5, 0.6) is 0 Å². The summed E-state index contributed by atoms with van der Waals surface area (Å²) in [6.45, 7) is 4.62. The van der Waals surface area contributed by atoms with Gasteiger partial charge in [0.15, 0.2) is 12.4 Å². The van der Waals surface area contributed by atoms with Gasteiger partial charge in [0.25, 0.3) is 0 Å². The van der Waals surface area contributed by atoms with Crippen LogP contribution in [-0.4, -0.2) is 12.4 Å². The van der Waals surface area contributed by atoms with Gasteiger partial charge < -0.3 is 0 Å². The molecule has 1 aliphatic heterocycles. The maximum atomic E-state index is 4.32. The number of unbranched alkanes of at least 4 members (excludes halogenated alkanes) is 23. The van der Waals surface area contributed by atoms with Crippen LogP contribution in [0.2, 0.25) is 0 Å². The van der Waals surface area contributed by atoms with Gasteiger partial charge in [-0.2, -0.15) is 0 Å².